The number of benzene rings is 1. The molecule has 0 unspecified atom stereocenters. The molecule has 2 heterocycles. The van der Waals surface area contributed by atoms with E-state index in [0.29, 0.717) is 11.6 Å². The zero-order chi connectivity index (χ0) is 17.2. The van der Waals surface area contributed by atoms with Gasteiger partial charge in [-0.1, -0.05) is 18.2 Å². The first kappa shape index (κ1) is 16.6. The molecule has 1 saturated heterocycles. The Balaban J connectivity index is 1.56. The summed E-state index contributed by atoms with van der Waals surface area (Å²) in [6, 6.07) is 10.7. The van der Waals surface area contributed by atoms with Crippen LogP contribution in [0, 0.1) is 0 Å². The Morgan fingerprint density at radius 2 is 1.83 bits per heavy atom. The fourth-order valence-corrected chi connectivity index (χ4v) is 2.98. The predicted molar refractivity (Wildman–Crippen MR) is 96.2 cm³/mol. The third kappa shape index (κ3) is 3.78. The highest BCUT2D eigenvalue weighted by Crippen LogP contribution is 2.19. The van der Waals surface area contributed by atoms with Crippen molar-refractivity contribution < 1.29 is 4.79 Å². The minimum atomic E-state index is -0.106. The van der Waals surface area contributed by atoms with Crippen LogP contribution in [0.3, 0.4) is 0 Å². The molecule has 0 atom stereocenters. The molecule has 0 spiro atoms. The van der Waals surface area contributed by atoms with Gasteiger partial charge >= 0.3 is 0 Å². The highest BCUT2D eigenvalue weighted by molar-refractivity contribution is 5.93. The van der Waals surface area contributed by atoms with Crippen molar-refractivity contribution in [3.8, 4) is 0 Å². The van der Waals surface area contributed by atoms with Gasteiger partial charge in [0, 0.05) is 31.0 Å². The van der Waals surface area contributed by atoms with Crippen molar-refractivity contribution in [1.82, 2.24) is 14.7 Å². The SMILES string of the molecule is CC(C)(C)n1cc(C(=O)N2CCC(Nc3ccccc3)CC2)cn1. The third-order valence-corrected chi connectivity index (χ3v) is 4.44. The van der Waals surface area contributed by atoms with Crippen molar-refractivity contribution in [1.29, 1.82) is 0 Å². The summed E-state index contributed by atoms with van der Waals surface area (Å²) in [5, 5.41) is 7.88. The summed E-state index contributed by atoms with van der Waals surface area (Å²) in [4.78, 5) is 14.6. The first-order valence-corrected chi connectivity index (χ1v) is 8.59. The van der Waals surface area contributed by atoms with Crippen molar-refractivity contribution >= 4 is 11.6 Å². The lowest BCUT2D eigenvalue weighted by molar-refractivity contribution is 0.0718. The van der Waals surface area contributed by atoms with Crippen LogP contribution in [0.4, 0.5) is 5.69 Å². The number of piperidine rings is 1. The van der Waals surface area contributed by atoms with Crippen molar-refractivity contribution in [2.45, 2.75) is 45.2 Å². The fourth-order valence-electron chi connectivity index (χ4n) is 2.98. The van der Waals surface area contributed by atoms with Crippen LogP contribution in [0.2, 0.25) is 0 Å². The van der Waals surface area contributed by atoms with Crippen LogP contribution in [0.5, 0.6) is 0 Å². The molecule has 1 aliphatic rings. The maximum absolute atomic E-state index is 12.7. The molecule has 0 aliphatic carbocycles. The first-order valence-electron chi connectivity index (χ1n) is 8.59. The van der Waals surface area contributed by atoms with Gasteiger partial charge in [0.1, 0.15) is 0 Å². The number of carbonyl (C=O) groups excluding carboxylic acids is 1. The van der Waals surface area contributed by atoms with Crippen LogP contribution in [0.25, 0.3) is 0 Å². The number of para-hydroxylation sites is 1. The van der Waals surface area contributed by atoms with E-state index in [2.05, 4.69) is 43.3 Å². The summed E-state index contributed by atoms with van der Waals surface area (Å²) in [6.07, 6.45) is 5.47. The Morgan fingerprint density at radius 1 is 1.17 bits per heavy atom. The number of nitrogens with zero attached hydrogens (tertiary/aromatic N) is 3. The summed E-state index contributed by atoms with van der Waals surface area (Å²) >= 11 is 0. The molecule has 1 fully saturated rings. The molecule has 1 amide bonds. The number of carbonyl (C=O) groups is 1. The number of amides is 1. The quantitative estimate of drug-likeness (QED) is 0.941. The van der Waals surface area contributed by atoms with Gasteiger partial charge in [-0.2, -0.15) is 5.10 Å². The highest BCUT2D eigenvalue weighted by Gasteiger charge is 2.25. The van der Waals surface area contributed by atoms with E-state index in [-0.39, 0.29) is 11.4 Å². The van der Waals surface area contributed by atoms with Gasteiger partial charge in [-0.05, 0) is 45.7 Å². The summed E-state index contributed by atoms with van der Waals surface area (Å²) in [6.45, 7) is 7.80. The lowest BCUT2D eigenvalue weighted by Crippen LogP contribution is -2.42. The van der Waals surface area contributed by atoms with E-state index in [4.69, 9.17) is 0 Å². The lowest BCUT2D eigenvalue weighted by Gasteiger charge is -2.32. The van der Waals surface area contributed by atoms with Crippen LogP contribution >= 0.6 is 0 Å². The Labute approximate surface area is 143 Å². The molecule has 1 aliphatic heterocycles. The van der Waals surface area contributed by atoms with Gasteiger partial charge < -0.3 is 10.2 Å². The second-order valence-electron chi connectivity index (χ2n) is 7.42. The Hall–Kier alpha value is -2.30. The van der Waals surface area contributed by atoms with Gasteiger partial charge in [0.15, 0.2) is 0 Å². The molecule has 1 aromatic carbocycles. The molecule has 128 valence electrons. The van der Waals surface area contributed by atoms with Gasteiger partial charge in [-0.25, -0.2) is 0 Å². The van der Waals surface area contributed by atoms with E-state index in [1.54, 1.807) is 6.20 Å². The van der Waals surface area contributed by atoms with E-state index in [1.807, 2.05) is 34.0 Å². The first-order chi connectivity index (χ1) is 11.4. The molecule has 2 aromatic rings. The van der Waals surface area contributed by atoms with Crippen molar-refractivity contribution in [3.63, 3.8) is 0 Å². The highest BCUT2D eigenvalue weighted by atomic mass is 16.2. The number of hydrogen-bond acceptors (Lipinski definition) is 3. The smallest absolute Gasteiger partial charge is 0.257 e. The second kappa shape index (κ2) is 6.67. The summed E-state index contributed by atoms with van der Waals surface area (Å²) in [7, 11) is 0. The summed E-state index contributed by atoms with van der Waals surface area (Å²) < 4.78 is 1.85. The third-order valence-electron chi connectivity index (χ3n) is 4.44. The number of aromatic nitrogens is 2. The zero-order valence-corrected chi connectivity index (χ0v) is 14.7. The Bertz CT molecular complexity index is 679. The molecule has 24 heavy (non-hydrogen) atoms. The predicted octanol–water partition coefficient (Wildman–Crippen LogP) is 3.35. The van der Waals surface area contributed by atoms with Crippen LogP contribution < -0.4 is 5.32 Å². The Kier molecular flexibility index (Phi) is 4.60. The van der Waals surface area contributed by atoms with E-state index in [0.717, 1.165) is 31.6 Å². The second-order valence-corrected chi connectivity index (χ2v) is 7.42. The number of anilines is 1. The average Bonchev–Trinajstić information content (AvgIpc) is 3.06. The molecule has 1 aromatic heterocycles. The van der Waals surface area contributed by atoms with Crippen LogP contribution in [0.1, 0.15) is 44.0 Å². The fraction of sp³-hybridized carbons (Fsp3) is 0.474. The molecular formula is C19H26N4O. The number of likely N-dealkylation sites (tertiary alicyclic amines) is 1. The molecule has 3 rings (SSSR count). The van der Waals surface area contributed by atoms with Gasteiger partial charge in [0.2, 0.25) is 0 Å². The normalized spacial score (nSPS) is 16.2. The van der Waals surface area contributed by atoms with Crippen LogP contribution in [-0.4, -0.2) is 39.7 Å². The van der Waals surface area contributed by atoms with Gasteiger partial charge in [-0.15, -0.1) is 0 Å². The van der Waals surface area contributed by atoms with Crippen molar-refractivity contribution in [2.24, 2.45) is 0 Å². The molecule has 0 saturated carbocycles. The van der Waals surface area contributed by atoms with Crippen LogP contribution in [0.15, 0.2) is 42.7 Å². The minimum Gasteiger partial charge on any atom is -0.382 e. The zero-order valence-electron chi connectivity index (χ0n) is 14.7. The van der Waals surface area contributed by atoms with E-state index >= 15 is 0 Å². The summed E-state index contributed by atoms with van der Waals surface area (Å²) in [5.41, 5.74) is 1.72. The number of hydrogen-bond donors (Lipinski definition) is 1. The number of nitrogens with one attached hydrogen (secondary N) is 1. The van der Waals surface area contributed by atoms with Crippen molar-refractivity contribution in [2.75, 3.05) is 18.4 Å². The standard InChI is InChI=1S/C19H26N4O/c1-19(2,3)23-14-15(13-20-23)18(24)22-11-9-17(10-12-22)21-16-7-5-4-6-8-16/h4-8,13-14,17,21H,9-12H2,1-3H3. The molecular weight excluding hydrogens is 300 g/mol. The van der Waals surface area contributed by atoms with Gasteiger partial charge in [-0.3, -0.25) is 9.48 Å². The topological polar surface area (TPSA) is 50.2 Å². The Morgan fingerprint density at radius 3 is 2.42 bits per heavy atom. The molecule has 1 N–H and O–H groups in total. The van der Waals surface area contributed by atoms with Crippen molar-refractivity contribution in [3.05, 3.63) is 48.3 Å². The molecule has 0 bridgehead atoms. The monoisotopic (exact) mass is 326 g/mol. The molecule has 0 radical (unpaired) electrons. The van der Waals surface area contributed by atoms with Gasteiger partial charge in [0.25, 0.3) is 5.91 Å². The van der Waals surface area contributed by atoms with Crippen LogP contribution in [-0.2, 0) is 5.54 Å². The molecule has 5 nitrogen and oxygen atoms in total. The lowest BCUT2D eigenvalue weighted by atomic mass is 10.0. The minimum absolute atomic E-state index is 0.0867. The average molecular weight is 326 g/mol. The summed E-state index contributed by atoms with van der Waals surface area (Å²) in [5.74, 6) is 0.0867. The number of rotatable bonds is 3. The maximum Gasteiger partial charge on any atom is 0.257 e. The van der Waals surface area contributed by atoms with E-state index < -0.39 is 0 Å². The maximum atomic E-state index is 12.7. The van der Waals surface area contributed by atoms with Gasteiger partial charge in [0.05, 0.1) is 17.3 Å². The van der Waals surface area contributed by atoms with E-state index in [9.17, 15) is 4.79 Å². The van der Waals surface area contributed by atoms with E-state index in [1.165, 1.54) is 0 Å². The molecule has 5 heteroatoms. The largest absolute Gasteiger partial charge is 0.382 e.